The Bertz CT molecular complexity index is 548. The van der Waals surface area contributed by atoms with Crippen LogP contribution in [0.4, 0.5) is 5.69 Å². The highest BCUT2D eigenvalue weighted by molar-refractivity contribution is 8.14. The number of rotatable bonds is 2. The average Bonchev–Trinajstić information content (AvgIpc) is 2.73. The van der Waals surface area contributed by atoms with Crippen LogP contribution < -0.4 is 0 Å². The molecule has 0 spiro atoms. The van der Waals surface area contributed by atoms with Crippen molar-refractivity contribution >= 4 is 22.6 Å². The number of aliphatic hydroxyl groups is 1. The van der Waals surface area contributed by atoms with Crippen LogP contribution in [0, 0.1) is 18.3 Å². The van der Waals surface area contributed by atoms with Gasteiger partial charge in [0.2, 0.25) is 0 Å². The first kappa shape index (κ1) is 13.9. The van der Waals surface area contributed by atoms with Gasteiger partial charge in [0.05, 0.1) is 29.5 Å². The molecule has 1 aromatic carbocycles. The lowest BCUT2D eigenvalue weighted by Crippen LogP contribution is -2.38. The second-order valence-corrected chi connectivity index (χ2v) is 5.72. The molecule has 1 aliphatic rings. The van der Waals surface area contributed by atoms with E-state index in [0.717, 1.165) is 22.2 Å². The van der Waals surface area contributed by atoms with Crippen LogP contribution in [-0.4, -0.2) is 40.1 Å². The molecule has 4 nitrogen and oxygen atoms in total. The number of aliphatic imine (C=N–C) groups is 1. The van der Waals surface area contributed by atoms with E-state index in [4.69, 9.17) is 5.26 Å². The number of thioether (sulfide) groups is 1. The summed E-state index contributed by atoms with van der Waals surface area (Å²) >= 11 is 1.65. The second-order valence-electron chi connectivity index (χ2n) is 4.74. The summed E-state index contributed by atoms with van der Waals surface area (Å²) in [6.45, 7) is 3.75. The molecule has 0 radical (unpaired) electrons. The quantitative estimate of drug-likeness (QED) is 0.899. The number of amidine groups is 1. The summed E-state index contributed by atoms with van der Waals surface area (Å²) in [6.07, 6.45) is -0.368. The van der Waals surface area contributed by atoms with Crippen LogP contribution in [0.2, 0.25) is 0 Å². The van der Waals surface area contributed by atoms with E-state index in [1.54, 1.807) is 24.8 Å². The number of hydrogen-bond acceptors (Lipinski definition) is 4. The largest absolute Gasteiger partial charge is 0.391 e. The molecule has 1 N–H and O–H groups in total. The maximum absolute atomic E-state index is 9.68. The van der Waals surface area contributed by atoms with Crippen molar-refractivity contribution in [2.24, 2.45) is 4.99 Å². The maximum atomic E-state index is 9.68. The summed E-state index contributed by atoms with van der Waals surface area (Å²) in [7, 11) is 1.95. The van der Waals surface area contributed by atoms with E-state index in [9.17, 15) is 5.11 Å². The minimum absolute atomic E-state index is 0.113. The molecular formula is C14H17N3OS. The molecule has 0 amide bonds. The molecule has 0 unspecified atom stereocenters. The van der Waals surface area contributed by atoms with Gasteiger partial charge in [0.1, 0.15) is 0 Å². The molecule has 1 fully saturated rings. The summed E-state index contributed by atoms with van der Waals surface area (Å²) in [6, 6.07) is 7.72. The predicted octanol–water partition coefficient (Wildman–Crippen LogP) is 2.28. The van der Waals surface area contributed by atoms with E-state index in [-0.39, 0.29) is 12.1 Å². The number of aliphatic hydroxyl groups excluding tert-OH is 1. The van der Waals surface area contributed by atoms with Gasteiger partial charge in [-0.2, -0.15) is 5.26 Å². The number of nitrogens with zero attached hydrogens (tertiary/aromatic N) is 3. The van der Waals surface area contributed by atoms with E-state index >= 15 is 0 Å². The third-order valence-corrected chi connectivity index (χ3v) is 4.43. The van der Waals surface area contributed by atoms with Crippen molar-refractivity contribution in [3.63, 3.8) is 0 Å². The van der Waals surface area contributed by atoms with Crippen molar-refractivity contribution in [1.82, 2.24) is 4.90 Å². The van der Waals surface area contributed by atoms with Gasteiger partial charge in [0.15, 0.2) is 5.17 Å². The fourth-order valence-corrected chi connectivity index (χ4v) is 3.37. The van der Waals surface area contributed by atoms with Crippen LogP contribution in [0.1, 0.15) is 18.1 Å². The summed E-state index contributed by atoms with van der Waals surface area (Å²) in [5.41, 5.74) is 2.51. The minimum Gasteiger partial charge on any atom is -0.391 e. The van der Waals surface area contributed by atoms with Gasteiger partial charge in [0, 0.05) is 12.8 Å². The number of nitriles is 1. The van der Waals surface area contributed by atoms with Crippen LogP contribution in [-0.2, 0) is 0 Å². The van der Waals surface area contributed by atoms with E-state index in [0.29, 0.717) is 5.56 Å². The molecule has 0 aromatic heterocycles. The summed E-state index contributed by atoms with van der Waals surface area (Å²) < 4.78 is 0. The summed E-state index contributed by atoms with van der Waals surface area (Å²) in [5, 5.41) is 19.4. The standard InChI is InChI=1S/C14H17N3OS/c1-9-6-11(7-15)4-5-12(9)16-14-17(3)13(8-19-14)10(2)18/h4-6,10,13,18H,8H2,1-3H3/t10-,13-/m1/s1. The molecule has 1 heterocycles. The first-order valence-electron chi connectivity index (χ1n) is 6.16. The van der Waals surface area contributed by atoms with Crippen molar-refractivity contribution in [2.45, 2.75) is 26.0 Å². The third kappa shape index (κ3) is 2.91. The molecule has 2 rings (SSSR count). The first-order chi connectivity index (χ1) is 9.02. The predicted molar refractivity (Wildman–Crippen MR) is 78.7 cm³/mol. The minimum atomic E-state index is -0.368. The topological polar surface area (TPSA) is 59.6 Å². The Hall–Kier alpha value is -1.51. The van der Waals surface area contributed by atoms with Crippen molar-refractivity contribution in [2.75, 3.05) is 12.8 Å². The second kappa shape index (κ2) is 5.64. The molecule has 5 heteroatoms. The van der Waals surface area contributed by atoms with Gasteiger partial charge >= 0.3 is 0 Å². The molecule has 0 saturated carbocycles. The monoisotopic (exact) mass is 275 g/mol. The number of aryl methyl sites for hydroxylation is 1. The van der Waals surface area contributed by atoms with Gasteiger partial charge in [-0.25, -0.2) is 4.99 Å². The number of benzene rings is 1. The SMILES string of the molecule is Cc1cc(C#N)ccc1N=C1SC[C@H]([C@@H](C)O)N1C. The van der Waals surface area contributed by atoms with Crippen LogP contribution >= 0.6 is 11.8 Å². The number of hydrogen-bond donors (Lipinski definition) is 1. The van der Waals surface area contributed by atoms with Gasteiger partial charge in [-0.3, -0.25) is 0 Å². The van der Waals surface area contributed by atoms with E-state index in [1.165, 1.54) is 0 Å². The molecule has 1 aromatic rings. The zero-order valence-corrected chi connectivity index (χ0v) is 12.1. The van der Waals surface area contributed by atoms with E-state index in [1.807, 2.05) is 31.0 Å². The molecule has 0 aliphatic carbocycles. The average molecular weight is 275 g/mol. The van der Waals surface area contributed by atoms with Gasteiger partial charge in [-0.05, 0) is 37.6 Å². The van der Waals surface area contributed by atoms with Gasteiger partial charge in [0.25, 0.3) is 0 Å². The molecular weight excluding hydrogens is 258 g/mol. The normalized spacial score (nSPS) is 22.6. The smallest absolute Gasteiger partial charge is 0.164 e. The molecule has 0 bridgehead atoms. The van der Waals surface area contributed by atoms with Gasteiger partial charge < -0.3 is 10.0 Å². The van der Waals surface area contributed by atoms with Crippen LogP contribution in [0.15, 0.2) is 23.2 Å². The highest BCUT2D eigenvalue weighted by Crippen LogP contribution is 2.28. The lowest BCUT2D eigenvalue weighted by atomic mass is 10.1. The summed E-state index contributed by atoms with van der Waals surface area (Å²) in [5.74, 6) is 0.850. The Kier molecular flexibility index (Phi) is 4.13. The Morgan fingerprint density at radius 1 is 1.58 bits per heavy atom. The molecule has 1 aliphatic heterocycles. The van der Waals surface area contributed by atoms with Crippen molar-refractivity contribution < 1.29 is 5.11 Å². The summed E-state index contributed by atoms with van der Waals surface area (Å²) in [4.78, 5) is 6.65. The molecule has 100 valence electrons. The zero-order chi connectivity index (χ0) is 14.0. The Morgan fingerprint density at radius 2 is 2.32 bits per heavy atom. The molecule has 2 atom stereocenters. The third-order valence-electron chi connectivity index (χ3n) is 3.28. The van der Waals surface area contributed by atoms with E-state index in [2.05, 4.69) is 11.1 Å². The molecule has 1 saturated heterocycles. The van der Waals surface area contributed by atoms with Gasteiger partial charge in [-0.1, -0.05) is 11.8 Å². The van der Waals surface area contributed by atoms with Crippen LogP contribution in [0.25, 0.3) is 0 Å². The van der Waals surface area contributed by atoms with Crippen LogP contribution in [0.3, 0.4) is 0 Å². The van der Waals surface area contributed by atoms with Crippen molar-refractivity contribution in [3.05, 3.63) is 29.3 Å². The number of likely N-dealkylation sites (N-methyl/N-ethyl adjacent to an activating group) is 1. The lowest BCUT2D eigenvalue weighted by Gasteiger charge is -2.23. The molecule has 19 heavy (non-hydrogen) atoms. The Morgan fingerprint density at radius 3 is 2.84 bits per heavy atom. The Balaban J connectivity index is 2.26. The van der Waals surface area contributed by atoms with Crippen molar-refractivity contribution in [1.29, 1.82) is 5.26 Å². The highest BCUT2D eigenvalue weighted by Gasteiger charge is 2.30. The van der Waals surface area contributed by atoms with Gasteiger partial charge in [-0.15, -0.1) is 0 Å². The zero-order valence-electron chi connectivity index (χ0n) is 11.3. The fraction of sp³-hybridized carbons (Fsp3) is 0.429. The first-order valence-corrected chi connectivity index (χ1v) is 7.14. The fourth-order valence-electron chi connectivity index (χ4n) is 2.04. The van der Waals surface area contributed by atoms with Crippen molar-refractivity contribution in [3.8, 4) is 6.07 Å². The highest BCUT2D eigenvalue weighted by atomic mass is 32.2. The Labute approximate surface area is 117 Å². The lowest BCUT2D eigenvalue weighted by molar-refractivity contribution is 0.126. The maximum Gasteiger partial charge on any atom is 0.164 e. The van der Waals surface area contributed by atoms with Crippen LogP contribution in [0.5, 0.6) is 0 Å². The van der Waals surface area contributed by atoms with E-state index < -0.39 is 0 Å².